The zero-order chi connectivity index (χ0) is 14.7. The monoisotopic (exact) mass is 292 g/mol. The predicted octanol–water partition coefficient (Wildman–Crippen LogP) is 4.62. The molecule has 0 N–H and O–H groups in total. The number of unbranched alkanes of at least 4 members (excludes halogenated alkanes) is 3. The molecule has 0 aromatic carbocycles. The van der Waals surface area contributed by atoms with Gasteiger partial charge in [-0.3, -0.25) is 9.18 Å². The number of halogens is 1. The first kappa shape index (κ1) is 18.8. The van der Waals surface area contributed by atoms with Crippen molar-refractivity contribution >= 4 is 17.7 Å². The standard InChI is InChI=1S/C15H29FO2S/c1-12(2)11-14(15(17)18-13(3)4)19-10-8-6-5-7-9-16/h12-14H,5-11H2,1-4H3. The molecule has 0 saturated carbocycles. The molecule has 0 heterocycles. The fraction of sp³-hybridized carbons (Fsp3) is 0.933. The van der Waals surface area contributed by atoms with Crippen molar-refractivity contribution in [2.24, 2.45) is 5.92 Å². The predicted molar refractivity (Wildman–Crippen MR) is 81.4 cm³/mol. The highest BCUT2D eigenvalue weighted by molar-refractivity contribution is 8.00. The highest BCUT2D eigenvalue weighted by Crippen LogP contribution is 2.23. The topological polar surface area (TPSA) is 26.3 Å². The van der Waals surface area contributed by atoms with E-state index in [9.17, 15) is 9.18 Å². The van der Waals surface area contributed by atoms with Gasteiger partial charge in [-0.15, -0.1) is 11.8 Å². The van der Waals surface area contributed by atoms with Crippen LogP contribution in [0.25, 0.3) is 0 Å². The molecular weight excluding hydrogens is 263 g/mol. The molecule has 0 aliphatic heterocycles. The fourth-order valence-corrected chi connectivity index (χ4v) is 3.11. The van der Waals surface area contributed by atoms with Crippen LogP contribution in [0.2, 0.25) is 0 Å². The highest BCUT2D eigenvalue weighted by atomic mass is 32.2. The fourth-order valence-electron chi connectivity index (χ4n) is 1.74. The van der Waals surface area contributed by atoms with Gasteiger partial charge in [0.1, 0.15) is 5.25 Å². The van der Waals surface area contributed by atoms with Crippen LogP contribution < -0.4 is 0 Å². The summed E-state index contributed by atoms with van der Waals surface area (Å²) < 4.78 is 17.2. The van der Waals surface area contributed by atoms with Crippen molar-refractivity contribution in [1.82, 2.24) is 0 Å². The maximum atomic E-state index is 12.0. The maximum Gasteiger partial charge on any atom is 0.319 e. The van der Waals surface area contributed by atoms with Gasteiger partial charge in [-0.2, -0.15) is 0 Å². The van der Waals surface area contributed by atoms with Crippen LogP contribution in [0.15, 0.2) is 0 Å². The summed E-state index contributed by atoms with van der Waals surface area (Å²) >= 11 is 1.69. The Bertz CT molecular complexity index is 232. The largest absolute Gasteiger partial charge is 0.462 e. The van der Waals surface area contributed by atoms with Crippen molar-refractivity contribution < 1.29 is 13.9 Å². The second-order valence-electron chi connectivity index (χ2n) is 5.58. The normalized spacial score (nSPS) is 13.0. The molecule has 0 rings (SSSR count). The molecule has 0 aromatic rings. The number of hydrogen-bond donors (Lipinski definition) is 0. The van der Waals surface area contributed by atoms with Gasteiger partial charge < -0.3 is 4.74 Å². The Balaban J connectivity index is 3.96. The molecular formula is C15H29FO2S. The first-order valence-electron chi connectivity index (χ1n) is 7.35. The van der Waals surface area contributed by atoms with Gasteiger partial charge in [0.25, 0.3) is 0 Å². The number of ether oxygens (including phenoxy) is 1. The smallest absolute Gasteiger partial charge is 0.319 e. The first-order chi connectivity index (χ1) is 8.97. The van der Waals surface area contributed by atoms with E-state index in [1.165, 1.54) is 0 Å². The molecule has 114 valence electrons. The van der Waals surface area contributed by atoms with Gasteiger partial charge in [0.15, 0.2) is 0 Å². The molecule has 1 atom stereocenters. The SMILES string of the molecule is CC(C)CC(SCCCCCCF)C(=O)OC(C)C. The van der Waals surface area contributed by atoms with E-state index < -0.39 is 0 Å². The van der Waals surface area contributed by atoms with Crippen LogP contribution in [-0.4, -0.2) is 29.8 Å². The van der Waals surface area contributed by atoms with E-state index in [-0.39, 0.29) is 24.0 Å². The minimum atomic E-state index is -0.218. The number of thioether (sulfide) groups is 1. The maximum absolute atomic E-state index is 12.0. The Kier molecular flexibility index (Phi) is 11.4. The van der Waals surface area contributed by atoms with E-state index in [0.717, 1.165) is 31.4 Å². The quantitative estimate of drug-likeness (QED) is 0.411. The molecule has 0 aliphatic carbocycles. The van der Waals surface area contributed by atoms with Crippen molar-refractivity contribution in [2.75, 3.05) is 12.4 Å². The third-order valence-corrected chi connectivity index (χ3v) is 3.96. The van der Waals surface area contributed by atoms with E-state index in [1.807, 2.05) is 13.8 Å². The minimum Gasteiger partial charge on any atom is -0.462 e. The number of carbonyl (C=O) groups is 1. The summed E-state index contributed by atoms with van der Waals surface area (Å²) in [5.74, 6) is 1.36. The lowest BCUT2D eigenvalue weighted by Crippen LogP contribution is -2.25. The van der Waals surface area contributed by atoms with Gasteiger partial charge in [-0.05, 0) is 44.8 Å². The lowest BCUT2D eigenvalue weighted by Gasteiger charge is -2.19. The molecule has 0 bridgehead atoms. The van der Waals surface area contributed by atoms with Crippen molar-refractivity contribution in [1.29, 1.82) is 0 Å². The number of hydrogen-bond acceptors (Lipinski definition) is 3. The van der Waals surface area contributed by atoms with Crippen LogP contribution in [0, 0.1) is 5.92 Å². The summed E-state index contributed by atoms with van der Waals surface area (Å²) in [6.45, 7) is 7.79. The molecule has 0 aromatic heterocycles. The molecule has 2 nitrogen and oxygen atoms in total. The Morgan fingerprint density at radius 2 is 1.74 bits per heavy atom. The molecule has 0 radical (unpaired) electrons. The van der Waals surface area contributed by atoms with Crippen molar-refractivity contribution in [3.8, 4) is 0 Å². The van der Waals surface area contributed by atoms with Crippen LogP contribution in [0.3, 0.4) is 0 Å². The molecule has 19 heavy (non-hydrogen) atoms. The van der Waals surface area contributed by atoms with Gasteiger partial charge in [0.05, 0.1) is 12.8 Å². The van der Waals surface area contributed by atoms with E-state index in [0.29, 0.717) is 12.3 Å². The lowest BCUT2D eigenvalue weighted by molar-refractivity contribution is -0.147. The van der Waals surface area contributed by atoms with Gasteiger partial charge in [-0.1, -0.05) is 26.7 Å². The van der Waals surface area contributed by atoms with E-state index >= 15 is 0 Å². The summed E-state index contributed by atoms with van der Waals surface area (Å²) in [7, 11) is 0. The van der Waals surface area contributed by atoms with Crippen LogP contribution in [0.1, 0.15) is 59.8 Å². The minimum absolute atomic E-state index is 0.0488. The molecule has 0 amide bonds. The second-order valence-corrected chi connectivity index (χ2v) is 6.89. The highest BCUT2D eigenvalue weighted by Gasteiger charge is 2.22. The van der Waals surface area contributed by atoms with E-state index in [4.69, 9.17) is 4.74 Å². The molecule has 0 fully saturated rings. The van der Waals surface area contributed by atoms with Crippen molar-refractivity contribution in [2.45, 2.75) is 71.2 Å². The Morgan fingerprint density at radius 1 is 1.11 bits per heavy atom. The van der Waals surface area contributed by atoms with Crippen molar-refractivity contribution in [3.63, 3.8) is 0 Å². The van der Waals surface area contributed by atoms with Crippen LogP contribution >= 0.6 is 11.8 Å². The summed E-state index contributed by atoms with van der Waals surface area (Å²) in [4.78, 5) is 12.0. The van der Waals surface area contributed by atoms with Gasteiger partial charge in [-0.25, -0.2) is 0 Å². The van der Waals surface area contributed by atoms with E-state index in [1.54, 1.807) is 11.8 Å². The Labute approximate surface area is 121 Å². The second kappa shape index (κ2) is 11.6. The van der Waals surface area contributed by atoms with Crippen LogP contribution in [0.4, 0.5) is 4.39 Å². The molecule has 0 spiro atoms. The summed E-state index contributed by atoms with van der Waals surface area (Å²) in [5.41, 5.74) is 0. The van der Waals surface area contributed by atoms with Crippen LogP contribution in [-0.2, 0) is 9.53 Å². The lowest BCUT2D eigenvalue weighted by atomic mass is 10.1. The molecule has 1 unspecified atom stereocenters. The van der Waals surface area contributed by atoms with Crippen LogP contribution in [0.5, 0.6) is 0 Å². The Hall–Kier alpha value is -0.250. The summed E-state index contributed by atoms with van der Waals surface area (Å²) in [5, 5.41) is -0.0522. The Morgan fingerprint density at radius 3 is 2.26 bits per heavy atom. The zero-order valence-electron chi connectivity index (χ0n) is 12.8. The average Bonchev–Trinajstić information content (AvgIpc) is 2.30. The number of alkyl halides is 1. The van der Waals surface area contributed by atoms with Gasteiger partial charge >= 0.3 is 5.97 Å². The van der Waals surface area contributed by atoms with Gasteiger partial charge in [0, 0.05) is 0 Å². The van der Waals surface area contributed by atoms with Gasteiger partial charge in [0.2, 0.25) is 0 Å². The molecule has 0 aliphatic rings. The number of esters is 1. The van der Waals surface area contributed by atoms with E-state index in [2.05, 4.69) is 13.8 Å². The number of rotatable bonds is 11. The first-order valence-corrected chi connectivity index (χ1v) is 8.40. The summed E-state index contributed by atoms with van der Waals surface area (Å²) in [6.07, 6.45) is 4.52. The summed E-state index contributed by atoms with van der Waals surface area (Å²) in [6, 6.07) is 0. The number of carbonyl (C=O) groups excluding carboxylic acids is 1. The molecule has 4 heteroatoms. The molecule has 0 saturated heterocycles. The van der Waals surface area contributed by atoms with Crippen molar-refractivity contribution in [3.05, 3.63) is 0 Å². The third-order valence-electron chi connectivity index (χ3n) is 2.65. The zero-order valence-corrected chi connectivity index (χ0v) is 13.6. The average molecular weight is 292 g/mol. The third kappa shape index (κ3) is 11.3.